The van der Waals surface area contributed by atoms with Crippen LogP contribution in [0.3, 0.4) is 0 Å². The quantitative estimate of drug-likeness (QED) is 0.155. The Balaban J connectivity index is 1.17. The summed E-state index contributed by atoms with van der Waals surface area (Å²) in [5, 5.41) is 0. The van der Waals surface area contributed by atoms with Crippen LogP contribution in [0.5, 0.6) is 0 Å². The zero-order chi connectivity index (χ0) is 36.7. The minimum Gasteiger partial charge on any atom is -0.466 e. The van der Waals surface area contributed by atoms with Crippen LogP contribution in [0.1, 0.15) is 130 Å². The van der Waals surface area contributed by atoms with Gasteiger partial charge in [0, 0.05) is 64.5 Å². The minimum absolute atomic E-state index is 0.0392. The summed E-state index contributed by atoms with van der Waals surface area (Å²) in [6.45, 7) is 17.2. The maximum absolute atomic E-state index is 12.1. The lowest BCUT2D eigenvalue weighted by molar-refractivity contribution is -0.463. The third-order valence-corrected chi connectivity index (χ3v) is 14.7. The van der Waals surface area contributed by atoms with Crippen LogP contribution in [0, 0.1) is 11.3 Å². The van der Waals surface area contributed by atoms with Crippen molar-refractivity contribution >= 4 is 23.1 Å². The molecule has 0 spiro atoms. The predicted molar refractivity (Wildman–Crippen MR) is 216 cm³/mol. The SMILES string of the molecule is CCOC(=O)CCCCCC1(C)C2=C3C=C4C=C5C6=[N+](CC(C)(C)C5N(C5CCCCC5)C4CC3CCN2c2ccccc21)c1ccccc1C6(C)C. The van der Waals surface area contributed by atoms with Gasteiger partial charge >= 0.3 is 5.97 Å². The molecule has 5 heterocycles. The molecule has 7 aliphatic rings. The van der Waals surface area contributed by atoms with E-state index in [9.17, 15) is 4.79 Å². The normalized spacial score (nSPS) is 29.6. The van der Waals surface area contributed by atoms with E-state index in [2.05, 4.69) is 110 Å². The van der Waals surface area contributed by atoms with Crippen LogP contribution in [0.2, 0.25) is 0 Å². The van der Waals surface area contributed by atoms with Crippen molar-refractivity contribution in [2.45, 2.75) is 148 Å². The molecule has 0 N–H and O–H groups in total. The Bertz CT molecular complexity index is 1940. The molecule has 0 amide bonds. The van der Waals surface area contributed by atoms with Gasteiger partial charge in [-0.15, -0.1) is 0 Å². The van der Waals surface area contributed by atoms with E-state index in [0.29, 0.717) is 37.1 Å². The highest BCUT2D eigenvalue weighted by Gasteiger charge is 2.60. The first kappa shape index (κ1) is 35.3. The van der Waals surface area contributed by atoms with Crippen LogP contribution in [0.4, 0.5) is 11.4 Å². The summed E-state index contributed by atoms with van der Waals surface area (Å²) in [5.74, 6) is 0.523. The number of nitrogens with zero attached hydrogens (tertiary/aromatic N) is 3. The molecule has 2 aromatic rings. The molecular formula is C48H62N3O2+. The lowest BCUT2D eigenvalue weighted by Crippen LogP contribution is -2.64. The van der Waals surface area contributed by atoms with E-state index >= 15 is 0 Å². The van der Waals surface area contributed by atoms with Gasteiger partial charge in [-0.1, -0.05) is 88.4 Å². The fraction of sp³-hybridized carbons (Fsp3) is 0.583. The van der Waals surface area contributed by atoms with Crippen LogP contribution in [-0.2, 0) is 20.4 Å². The van der Waals surface area contributed by atoms with Crippen LogP contribution >= 0.6 is 0 Å². The Morgan fingerprint density at radius 2 is 1.64 bits per heavy atom. The molecule has 0 radical (unpaired) electrons. The Kier molecular flexibility index (Phi) is 8.72. The number of carbonyl (C=O) groups is 1. The number of ether oxygens (including phenoxy) is 1. The number of benzene rings is 2. The van der Waals surface area contributed by atoms with Crippen molar-refractivity contribution < 1.29 is 14.1 Å². The molecule has 9 rings (SSSR count). The largest absolute Gasteiger partial charge is 0.466 e. The molecule has 0 saturated heterocycles. The second kappa shape index (κ2) is 13.1. The van der Waals surface area contributed by atoms with E-state index in [1.54, 1.807) is 28.1 Å². The highest BCUT2D eigenvalue weighted by molar-refractivity contribution is 6.09. The molecule has 2 aromatic carbocycles. The molecule has 0 bridgehead atoms. The lowest BCUT2D eigenvalue weighted by atomic mass is 9.64. The molecule has 1 fully saturated rings. The highest BCUT2D eigenvalue weighted by Crippen LogP contribution is 2.58. The van der Waals surface area contributed by atoms with E-state index in [1.165, 1.54) is 67.4 Å². The number of para-hydroxylation sites is 2. The highest BCUT2D eigenvalue weighted by atomic mass is 16.5. The second-order valence-electron chi connectivity index (χ2n) is 18.9. The first-order chi connectivity index (χ1) is 25.5. The zero-order valence-electron chi connectivity index (χ0n) is 33.3. The number of carbonyl (C=O) groups excluding carboxylic acids is 1. The summed E-state index contributed by atoms with van der Waals surface area (Å²) < 4.78 is 7.95. The number of hydrogen-bond donors (Lipinski definition) is 0. The average molecular weight is 713 g/mol. The average Bonchev–Trinajstić information content (AvgIpc) is 3.54. The minimum atomic E-state index is -0.0573. The number of anilines is 1. The Morgan fingerprint density at radius 3 is 2.43 bits per heavy atom. The van der Waals surface area contributed by atoms with Crippen LogP contribution in [-0.4, -0.2) is 59.0 Å². The maximum Gasteiger partial charge on any atom is 0.305 e. The monoisotopic (exact) mass is 712 g/mol. The van der Waals surface area contributed by atoms with Crippen molar-refractivity contribution in [1.82, 2.24) is 4.90 Å². The summed E-state index contributed by atoms with van der Waals surface area (Å²) in [6, 6.07) is 20.0. The molecule has 5 aliphatic heterocycles. The van der Waals surface area contributed by atoms with Crippen molar-refractivity contribution in [2.24, 2.45) is 11.3 Å². The number of unbranched alkanes of at least 4 members (excludes halogenated alkanes) is 2. The van der Waals surface area contributed by atoms with Gasteiger partial charge in [-0.05, 0) is 101 Å². The lowest BCUT2D eigenvalue weighted by Gasteiger charge is -2.56. The van der Waals surface area contributed by atoms with Crippen molar-refractivity contribution in [3.05, 3.63) is 94.2 Å². The van der Waals surface area contributed by atoms with E-state index in [1.807, 2.05) is 6.92 Å². The maximum atomic E-state index is 12.1. The van der Waals surface area contributed by atoms with Gasteiger partial charge < -0.3 is 9.64 Å². The summed E-state index contributed by atoms with van der Waals surface area (Å²) in [4.78, 5) is 17.9. The molecule has 5 nitrogen and oxygen atoms in total. The van der Waals surface area contributed by atoms with E-state index < -0.39 is 0 Å². The topological polar surface area (TPSA) is 35.8 Å². The molecule has 280 valence electrons. The molecule has 2 aliphatic carbocycles. The Morgan fingerprint density at radius 1 is 0.887 bits per heavy atom. The fourth-order valence-corrected chi connectivity index (χ4v) is 12.5. The molecule has 5 heteroatoms. The first-order valence-corrected chi connectivity index (χ1v) is 21.3. The van der Waals surface area contributed by atoms with Gasteiger partial charge in [0.2, 0.25) is 5.69 Å². The van der Waals surface area contributed by atoms with Gasteiger partial charge in [0.1, 0.15) is 0 Å². The number of hydrogen-bond acceptors (Lipinski definition) is 4. The Hall–Kier alpha value is -3.44. The second-order valence-corrected chi connectivity index (χ2v) is 18.9. The van der Waals surface area contributed by atoms with Gasteiger partial charge in [0.25, 0.3) is 0 Å². The third-order valence-electron chi connectivity index (χ3n) is 14.7. The van der Waals surface area contributed by atoms with Gasteiger partial charge in [0.15, 0.2) is 12.3 Å². The fourth-order valence-electron chi connectivity index (χ4n) is 12.5. The van der Waals surface area contributed by atoms with Gasteiger partial charge in [0.05, 0.1) is 18.1 Å². The molecule has 4 unspecified atom stereocenters. The van der Waals surface area contributed by atoms with Crippen LogP contribution in [0.15, 0.2) is 83.1 Å². The summed E-state index contributed by atoms with van der Waals surface area (Å²) in [7, 11) is 0. The predicted octanol–water partition coefficient (Wildman–Crippen LogP) is 10.3. The van der Waals surface area contributed by atoms with E-state index in [-0.39, 0.29) is 22.2 Å². The summed E-state index contributed by atoms with van der Waals surface area (Å²) in [5.41, 5.74) is 13.7. The Labute approximate surface area is 318 Å². The third kappa shape index (κ3) is 5.48. The van der Waals surface area contributed by atoms with Crippen molar-refractivity contribution in [3.63, 3.8) is 0 Å². The van der Waals surface area contributed by atoms with E-state index in [0.717, 1.165) is 38.8 Å². The zero-order valence-corrected chi connectivity index (χ0v) is 33.3. The molecular weight excluding hydrogens is 651 g/mol. The molecule has 1 saturated carbocycles. The number of allylic oxidation sites excluding steroid dienone is 3. The van der Waals surface area contributed by atoms with Crippen molar-refractivity contribution in [3.8, 4) is 0 Å². The number of esters is 1. The van der Waals surface area contributed by atoms with Crippen LogP contribution < -0.4 is 4.90 Å². The number of rotatable bonds is 8. The molecule has 4 atom stereocenters. The molecule has 53 heavy (non-hydrogen) atoms. The van der Waals surface area contributed by atoms with E-state index in [4.69, 9.17) is 4.74 Å². The van der Waals surface area contributed by atoms with Crippen molar-refractivity contribution in [1.29, 1.82) is 0 Å². The number of fused-ring (bicyclic) bond motifs is 9. The van der Waals surface area contributed by atoms with Gasteiger partial charge in [-0.2, -0.15) is 4.58 Å². The van der Waals surface area contributed by atoms with Crippen LogP contribution in [0.25, 0.3) is 0 Å². The smallest absolute Gasteiger partial charge is 0.305 e. The van der Waals surface area contributed by atoms with Gasteiger partial charge in [-0.3, -0.25) is 9.69 Å². The summed E-state index contributed by atoms with van der Waals surface area (Å²) >= 11 is 0. The molecule has 0 aromatic heterocycles. The standard InChI is InChI=1S/C48H62N3O2/c1-7-53-42(52)24-12-9-17-26-48(6)38-21-14-16-23-40(38)49-27-25-32-30-41-33(28-35(32)45(48)49)29-36-43(51(41)34-18-10-8-11-19-34)46(2,3)31-50-39-22-15-13-20-37(39)47(4,5)44(36)50/h13-16,20-23,28-29,32,34,41,43H,7-12,17-19,24-27,30-31H2,1-6H3/q+1. The van der Waals surface area contributed by atoms with Crippen molar-refractivity contribution in [2.75, 3.05) is 24.6 Å². The van der Waals surface area contributed by atoms with Gasteiger partial charge in [-0.25, -0.2) is 0 Å². The summed E-state index contributed by atoms with van der Waals surface area (Å²) in [6.07, 6.45) is 19.4. The first-order valence-electron chi connectivity index (χ1n) is 21.3.